The van der Waals surface area contributed by atoms with Crippen molar-refractivity contribution in [1.29, 1.82) is 0 Å². The van der Waals surface area contributed by atoms with Gasteiger partial charge in [-0.1, -0.05) is 0 Å². The lowest BCUT2D eigenvalue weighted by atomic mass is 9.90. The molecule has 0 radical (unpaired) electrons. The van der Waals surface area contributed by atoms with Gasteiger partial charge in [-0.15, -0.1) is 0 Å². The Morgan fingerprint density at radius 2 is 1.92 bits per heavy atom. The van der Waals surface area contributed by atoms with Gasteiger partial charge < -0.3 is 10.2 Å². The summed E-state index contributed by atoms with van der Waals surface area (Å²) in [6.45, 7) is 0.654. The van der Waals surface area contributed by atoms with Crippen molar-refractivity contribution in [1.82, 2.24) is 4.90 Å². The van der Waals surface area contributed by atoms with Crippen molar-refractivity contribution in [3.8, 4) is 0 Å². The number of likely N-dealkylation sites (N-methyl/N-ethyl adjacent to an activating group) is 1. The molecule has 2 atom stereocenters. The normalized spacial score (nSPS) is 29.9. The number of carboxylic acid groups (broad SMARTS) is 2. The van der Waals surface area contributed by atoms with E-state index in [1.165, 1.54) is 0 Å². The number of likely N-dealkylation sites (tertiary alicyclic amines) is 1. The van der Waals surface area contributed by atoms with Crippen LogP contribution in [0, 0.1) is 5.92 Å². The summed E-state index contributed by atoms with van der Waals surface area (Å²) in [5, 5.41) is 17.6. The predicted molar refractivity (Wildman–Crippen MR) is 44.4 cm³/mol. The van der Waals surface area contributed by atoms with E-state index in [-0.39, 0.29) is 0 Å². The van der Waals surface area contributed by atoms with Gasteiger partial charge in [-0.2, -0.15) is 0 Å². The maximum Gasteiger partial charge on any atom is 0.321 e. The first-order valence-electron chi connectivity index (χ1n) is 4.20. The first-order valence-corrected chi connectivity index (χ1v) is 4.20. The minimum Gasteiger partial charge on any atom is -0.481 e. The summed E-state index contributed by atoms with van der Waals surface area (Å²) in [6.07, 6.45) is 1.20. The number of aliphatic carboxylic acids is 2. The lowest BCUT2D eigenvalue weighted by Crippen LogP contribution is -2.50. The molecule has 0 aromatic heterocycles. The summed E-state index contributed by atoms with van der Waals surface area (Å²) in [5.41, 5.74) is 0. The topological polar surface area (TPSA) is 77.8 Å². The second kappa shape index (κ2) is 3.74. The molecular weight excluding hydrogens is 174 g/mol. The zero-order valence-corrected chi connectivity index (χ0v) is 7.43. The summed E-state index contributed by atoms with van der Waals surface area (Å²) in [5.74, 6) is -2.83. The SMILES string of the molecule is CN1CCC[C@@H](C(=O)O)[C@@H]1C(=O)O. The van der Waals surface area contributed by atoms with E-state index in [0.29, 0.717) is 13.0 Å². The molecule has 1 fully saturated rings. The average Bonchev–Trinajstić information content (AvgIpc) is 2.02. The fraction of sp³-hybridized carbons (Fsp3) is 0.750. The maximum atomic E-state index is 10.8. The summed E-state index contributed by atoms with van der Waals surface area (Å²) in [7, 11) is 1.65. The first kappa shape index (κ1) is 9.98. The number of hydrogen-bond donors (Lipinski definition) is 2. The van der Waals surface area contributed by atoms with Crippen LogP contribution >= 0.6 is 0 Å². The Morgan fingerprint density at radius 3 is 2.31 bits per heavy atom. The molecule has 0 amide bonds. The Balaban J connectivity index is 2.80. The molecule has 74 valence electrons. The van der Waals surface area contributed by atoms with E-state index >= 15 is 0 Å². The highest BCUT2D eigenvalue weighted by molar-refractivity contribution is 5.82. The zero-order valence-electron chi connectivity index (χ0n) is 7.43. The monoisotopic (exact) mass is 187 g/mol. The minimum absolute atomic E-state index is 0.455. The Morgan fingerprint density at radius 1 is 1.31 bits per heavy atom. The van der Waals surface area contributed by atoms with Crippen molar-refractivity contribution in [2.45, 2.75) is 18.9 Å². The van der Waals surface area contributed by atoms with Crippen LogP contribution in [0.15, 0.2) is 0 Å². The molecule has 0 aromatic rings. The molecule has 0 unspecified atom stereocenters. The predicted octanol–water partition coefficient (Wildman–Crippen LogP) is -0.134. The highest BCUT2D eigenvalue weighted by Crippen LogP contribution is 2.22. The van der Waals surface area contributed by atoms with Crippen molar-refractivity contribution < 1.29 is 19.8 Å². The van der Waals surface area contributed by atoms with Crippen LogP contribution in [0.5, 0.6) is 0 Å². The molecule has 5 nitrogen and oxygen atoms in total. The van der Waals surface area contributed by atoms with E-state index < -0.39 is 23.9 Å². The highest BCUT2D eigenvalue weighted by Gasteiger charge is 2.39. The molecule has 0 aromatic carbocycles. The lowest BCUT2D eigenvalue weighted by molar-refractivity contribution is -0.157. The molecule has 1 aliphatic heterocycles. The number of hydrogen-bond acceptors (Lipinski definition) is 3. The van der Waals surface area contributed by atoms with Gasteiger partial charge in [0.05, 0.1) is 5.92 Å². The Kier molecular flexibility index (Phi) is 2.87. The molecule has 0 bridgehead atoms. The van der Waals surface area contributed by atoms with Crippen LogP contribution in [0.3, 0.4) is 0 Å². The van der Waals surface area contributed by atoms with Gasteiger partial charge in [0.1, 0.15) is 6.04 Å². The third-order valence-electron chi connectivity index (χ3n) is 2.45. The fourth-order valence-corrected chi connectivity index (χ4v) is 1.78. The number of carbonyl (C=O) groups is 2. The fourth-order valence-electron chi connectivity index (χ4n) is 1.78. The van der Waals surface area contributed by atoms with Crippen LogP contribution in [0.1, 0.15) is 12.8 Å². The van der Waals surface area contributed by atoms with Crippen molar-refractivity contribution in [2.24, 2.45) is 5.92 Å². The summed E-state index contributed by atoms with van der Waals surface area (Å²) < 4.78 is 0. The molecule has 2 N–H and O–H groups in total. The third-order valence-corrected chi connectivity index (χ3v) is 2.45. The van der Waals surface area contributed by atoms with Gasteiger partial charge in [0, 0.05) is 0 Å². The molecule has 1 heterocycles. The molecule has 0 saturated carbocycles. The largest absolute Gasteiger partial charge is 0.481 e. The van der Waals surface area contributed by atoms with Crippen LogP contribution in [0.25, 0.3) is 0 Å². The second-order valence-electron chi connectivity index (χ2n) is 3.35. The van der Waals surface area contributed by atoms with E-state index in [4.69, 9.17) is 10.2 Å². The minimum atomic E-state index is -1.05. The molecule has 1 saturated heterocycles. The maximum absolute atomic E-state index is 10.8. The van der Waals surface area contributed by atoms with Crippen molar-refractivity contribution in [3.05, 3.63) is 0 Å². The molecule has 1 aliphatic rings. The molecule has 13 heavy (non-hydrogen) atoms. The smallest absolute Gasteiger partial charge is 0.321 e. The Labute approximate surface area is 76.0 Å². The lowest BCUT2D eigenvalue weighted by Gasteiger charge is -2.33. The molecule has 5 heteroatoms. The van der Waals surface area contributed by atoms with E-state index in [1.807, 2.05) is 0 Å². The van der Waals surface area contributed by atoms with Crippen LogP contribution in [-0.4, -0.2) is 46.7 Å². The van der Waals surface area contributed by atoms with E-state index in [1.54, 1.807) is 11.9 Å². The number of rotatable bonds is 2. The summed E-state index contributed by atoms with van der Waals surface area (Å²) in [4.78, 5) is 23.1. The van der Waals surface area contributed by atoms with E-state index in [2.05, 4.69) is 0 Å². The first-order chi connectivity index (χ1) is 6.04. The standard InChI is InChI=1S/C8H13NO4/c1-9-4-2-3-5(7(10)11)6(9)8(12)13/h5-6H,2-4H2,1H3,(H,10,11)(H,12,13)/t5-,6-/m1/s1. The third kappa shape index (κ3) is 1.98. The Hall–Kier alpha value is -1.10. The van der Waals surface area contributed by atoms with Gasteiger partial charge in [-0.3, -0.25) is 14.5 Å². The summed E-state index contributed by atoms with van der Waals surface area (Å²) in [6, 6.07) is -0.869. The van der Waals surface area contributed by atoms with Gasteiger partial charge in [-0.25, -0.2) is 0 Å². The Bertz CT molecular complexity index is 228. The zero-order chi connectivity index (χ0) is 10.0. The van der Waals surface area contributed by atoms with Gasteiger partial charge in [0.25, 0.3) is 0 Å². The highest BCUT2D eigenvalue weighted by atomic mass is 16.4. The van der Waals surface area contributed by atoms with Crippen molar-refractivity contribution in [3.63, 3.8) is 0 Å². The van der Waals surface area contributed by atoms with Crippen molar-refractivity contribution >= 4 is 11.9 Å². The molecule has 0 aliphatic carbocycles. The number of nitrogens with zero attached hydrogens (tertiary/aromatic N) is 1. The van der Waals surface area contributed by atoms with Gasteiger partial charge in [-0.05, 0) is 26.4 Å². The average molecular weight is 187 g/mol. The molecule has 1 rings (SSSR count). The van der Waals surface area contributed by atoms with Gasteiger partial charge in [0.2, 0.25) is 0 Å². The van der Waals surface area contributed by atoms with E-state index in [0.717, 1.165) is 6.42 Å². The van der Waals surface area contributed by atoms with Crippen LogP contribution in [-0.2, 0) is 9.59 Å². The second-order valence-corrected chi connectivity index (χ2v) is 3.35. The van der Waals surface area contributed by atoms with Gasteiger partial charge in [0.15, 0.2) is 0 Å². The van der Waals surface area contributed by atoms with Crippen molar-refractivity contribution in [2.75, 3.05) is 13.6 Å². The van der Waals surface area contributed by atoms with Gasteiger partial charge >= 0.3 is 11.9 Å². The van der Waals surface area contributed by atoms with E-state index in [9.17, 15) is 9.59 Å². The summed E-state index contributed by atoms with van der Waals surface area (Å²) >= 11 is 0. The van der Waals surface area contributed by atoms with Crippen LogP contribution in [0.4, 0.5) is 0 Å². The van der Waals surface area contributed by atoms with Crippen LogP contribution in [0.2, 0.25) is 0 Å². The van der Waals surface area contributed by atoms with Crippen LogP contribution < -0.4 is 0 Å². The number of piperidine rings is 1. The quantitative estimate of drug-likeness (QED) is 0.629. The molecule has 0 spiro atoms. The number of carboxylic acids is 2. The molecular formula is C8H13NO4.